The van der Waals surface area contributed by atoms with E-state index >= 15 is 0 Å². The van der Waals surface area contributed by atoms with Crippen LogP contribution < -0.4 is 10.6 Å². The molecule has 0 bridgehead atoms. The fourth-order valence-electron chi connectivity index (χ4n) is 2.04. The molecule has 2 aromatic rings. The molecule has 1 aromatic heterocycles. The number of anilines is 1. The first-order valence-corrected chi connectivity index (χ1v) is 7.57. The summed E-state index contributed by atoms with van der Waals surface area (Å²) < 4.78 is 0. The zero-order chi connectivity index (χ0) is 15.4. The highest BCUT2D eigenvalue weighted by atomic mass is 32.1. The van der Waals surface area contributed by atoms with Crippen LogP contribution in [0.2, 0.25) is 0 Å². The van der Waals surface area contributed by atoms with Gasteiger partial charge in [-0.25, -0.2) is 0 Å². The van der Waals surface area contributed by atoms with Crippen LogP contribution >= 0.6 is 11.3 Å². The number of rotatable bonds is 4. The van der Waals surface area contributed by atoms with Crippen LogP contribution in [0.15, 0.2) is 35.7 Å². The minimum absolute atomic E-state index is 0.229. The van der Waals surface area contributed by atoms with E-state index in [9.17, 15) is 9.59 Å². The number of nitrogens with one attached hydrogen (secondary N) is 2. The standard InChI is InChI=1S/C16H18N2O2S/c1-10-7-11(2)9-13(8-10)18-15(19)12(3)17-16(20)14-5-4-6-21-14/h4-9,12H,1-3H3,(H,17,20)(H,18,19). The molecule has 1 atom stereocenters. The van der Waals surface area contributed by atoms with Gasteiger partial charge in [0.2, 0.25) is 5.91 Å². The van der Waals surface area contributed by atoms with E-state index in [-0.39, 0.29) is 11.8 Å². The Kier molecular flexibility index (Phi) is 4.75. The molecule has 1 unspecified atom stereocenters. The van der Waals surface area contributed by atoms with Crippen molar-refractivity contribution in [1.29, 1.82) is 0 Å². The Hall–Kier alpha value is -2.14. The van der Waals surface area contributed by atoms with E-state index < -0.39 is 6.04 Å². The first-order valence-electron chi connectivity index (χ1n) is 6.69. The minimum atomic E-state index is -0.597. The maximum atomic E-state index is 12.1. The van der Waals surface area contributed by atoms with Crippen LogP contribution in [-0.2, 0) is 4.79 Å². The summed E-state index contributed by atoms with van der Waals surface area (Å²) in [5.41, 5.74) is 2.91. The smallest absolute Gasteiger partial charge is 0.261 e. The average molecular weight is 302 g/mol. The second-order valence-corrected chi connectivity index (χ2v) is 5.99. The molecule has 2 amide bonds. The second-order valence-electron chi connectivity index (χ2n) is 5.04. The molecule has 4 nitrogen and oxygen atoms in total. The van der Waals surface area contributed by atoms with Crippen LogP contribution in [0, 0.1) is 13.8 Å². The fourth-order valence-corrected chi connectivity index (χ4v) is 2.67. The van der Waals surface area contributed by atoms with Crippen LogP contribution in [0.1, 0.15) is 27.7 Å². The molecule has 0 saturated heterocycles. The summed E-state index contributed by atoms with van der Waals surface area (Å²) in [7, 11) is 0. The van der Waals surface area contributed by atoms with Crippen LogP contribution in [0.25, 0.3) is 0 Å². The number of benzene rings is 1. The summed E-state index contributed by atoms with van der Waals surface area (Å²) in [6.07, 6.45) is 0. The van der Waals surface area contributed by atoms with Gasteiger partial charge >= 0.3 is 0 Å². The van der Waals surface area contributed by atoms with Crippen molar-refractivity contribution in [1.82, 2.24) is 5.32 Å². The van der Waals surface area contributed by atoms with Gasteiger partial charge in [0.25, 0.3) is 5.91 Å². The molecule has 0 spiro atoms. The van der Waals surface area contributed by atoms with Crippen molar-refractivity contribution in [3.63, 3.8) is 0 Å². The normalized spacial score (nSPS) is 11.8. The summed E-state index contributed by atoms with van der Waals surface area (Å²) in [4.78, 5) is 24.6. The SMILES string of the molecule is Cc1cc(C)cc(NC(=O)C(C)NC(=O)c2cccs2)c1. The highest BCUT2D eigenvalue weighted by Gasteiger charge is 2.17. The Bertz CT molecular complexity index is 630. The zero-order valence-electron chi connectivity index (χ0n) is 12.3. The van der Waals surface area contributed by atoms with Crippen molar-refractivity contribution in [3.8, 4) is 0 Å². The maximum absolute atomic E-state index is 12.1. The van der Waals surface area contributed by atoms with Gasteiger partial charge < -0.3 is 10.6 Å². The fraction of sp³-hybridized carbons (Fsp3) is 0.250. The number of hydrogen-bond acceptors (Lipinski definition) is 3. The number of aryl methyl sites for hydroxylation is 2. The highest BCUT2D eigenvalue weighted by molar-refractivity contribution is 7.12. The highest BCUT2D eigenvalue weighted by Crippen LogP contribution is 2.14. The van der Waals surface area contributed by atoms with Gasteiger partial charge in [-0.3, -0.25) is 9.59 Å². The maximum Gasteiger partial charge on any atom is 0.261 e. The van der Waals surface area contributed by atoms with Crippen LogP contribution in [0.3, 0.4) is 0 Å². The third kappa shape index (κ3) is 4.16. The Morgan fingerprint density at radius 2 is 1.81 bits per heavy atom. The molecule has 21 heavy (non-hydrogen) atoms. The largest absolute Gasteiger partial charge is 0.340 e. The number of hydrogen-bond donors (Lipinski definition) is 2. The lowest BCUT2D eigenvalue weighted by Crippen LogP contribution is -2.41. The van der Waals surface area contributed by atoms with Gasteiger partial charge in [-0.15, -0.1) is 11.3 Å². The van der Waals surface area contributed by atoms with Crippen LogP contribution in [0.5, 0.6) is 0 Å². The third-order valence-electron chi connectivity index (χ3n) is 2.98. The molecule has 2 N–H and O–H groups in total. The lowest BCUT2D eigenvalue weighted by molar-refractivity contribution is -0.117. The second kappa shape index (κ2) is 6.54. The van der Waals surface area contributed by atoms with Gasteiger partial charge in [-0.2, -0.15) is 0 Å². The molecule has 1 aromatic carbocycles. The topological polar surface area (TPSA) is 58.2 Å². The monoisotopic (exact) mass is 302 g/mol. The molecule has 5 heteroatoms. The van der Waals surface area contributed by atoms with Crippen molar-refractivity contribution < 1.29 is 9.59 Å². The van der Waals surface area contributed by atoms with E-state index in [2.05, 4.69) is 10.6 Å². The molecule has 2 rings (SSSR count). The first-order chi connectivity index (χ1) is 9.95. The Morgan fingerprint density at radius 1 is 1.14 bits per heavy atom. The summed E-state index contributed by atoms with van der Waals surface area (Å²) in [6.45, 7) is 5.62. The minimum Gasteiger partial charge on any atom is -0.340 e. The van der Waals surface area contributed by atoms with E-state index in [4.69, 9.17) is 0 Å². The number of carbonyl (C=O) groups excluding carboxylic acids is 2. The zero-order valence-corrected chi connectivity index (χ0v) is 13.1. The van der Waals surface area contributed by atoms with Crippen LogP contribution in [-0.4, -0.2) is 17.9 Å². The Balaban J connectivity index is 1.98. The van der Waals surface area contributed by atoms with Crippen LogP contribution in [0.4, 0.5) is 5.69 Å². The average Bonchev–Trinajstić information content (AvgIpc) is 2.91. The number of amides is 2. The van der Waals surface area contributed by atoms with Gasteiger partial charge in [-0.05, 0) is 55.5 Å². The van der Waals surface area contributed by atoms with E-state index in [1.54, 1.807) is 19.1 Å². The van der Waals surface area contributed by atoms with E-state index in [0.717, 1.165) is 16.8 Å². The Labute approximate surface area is 128 Å². The molecule has 1 heterocycles. The molecular formula is C16H18N2O2S. The quantitative estimate of drug-likeness (QED) is 0.911. The van der Waals surface area contributed by atoms with Gasteiger partial charge in [0.1, 0.15) is 6.04 Å². The molecule has 0 radical (unpaired) electrons. The van der Waals surface area contributed by atoms with E-state index in [1.807, 2.05) is 37.4 Å². The van der Waals surface area contributed by atoms with Crippen molar-refractivity contribution in [2.45, 2.75) is 26.8 Å². The van der Waals surface area contributed by atoms with Gasteiger partial charge in [-0.1, -0.05) is 12.1 Å². The summed E-state index contributed by atoms with van der Waals surface area (Å²) in [5.74, 6) is -0.460. The summed E-state index contributed by atoms with van der Waals surface area (Å²) >= 11 is 1.35. The Morgan fingerprint density at radius 3 is 2.38 bits per heavy atom. The molecular weight excluding hydrogens is 284 g/mol. The summed E-state index contributed by atoms with van der Waals surface area (Å²) in [6, 6.07) is 8.78. The lowest BCUT2D eigenvalue weighted by Gasteiger charge is -2.14. The van der Waals surface area contributed by atoms with Crippen molar-refractivity contribution in [2.75, 3.05) is 5.32 Å². The van der Waals surface area contributed by atoms with Gasteiger partial charge in [0, 0.05) is 5.69 Å². The first kappa shape index (κ1) is 15.3. The van der Waals surface area contributed by atoms with Gasteiger partial charge in [0.15, 0.2) is 0 Å². The molecule has 0 aliphatic rings. The predicted molar refractivity (Wildman–Crippen MR) is 85.8 cm³/mol. The van der Waals surface area contributed by atoms with Crippen molar-refractivity contribution in [3.05, 3.63) is 51.7 Å². The van der Waals surface area contributed by atoms with E-state index in [0.29, 0.717) is 4.88 Å². The lowest BCUT2D eigenvalue weighted by atomic mass is 10.1. The van der Waals surface area contributed by atoms with Gasteiger partial charge in [0.05, 0.1) is 4.88 Å². The van der Waals surface area contributed by atoms with E-state index in [1.165, 1.54) is 11.3 Å². The summed E-state index contributed by atoms with van der Waals surface area (Å²) in [5, 5.41) is 7.34. The molecule has 0 fully saturated rings. The molecule has 0 saturated carbocycles. The third-order valence-corrected chi connectivity index (χ3v) is 3.84. The number of thiophene rings is 1. The molecule has 110 valence electrons. The van der Waals surface area contributed by atoms with Crippen molar-refractivity contribution >= 4 is 28.8 Å². The predicted octanol–water partition coefficient (Wildman–Crippen LogP) is 3.12. The molecule has 0 aliphatic heterocycles. The number of carbonyl (C=O) groups is 2. The molecule has 0 aliphatic carbocycles. The van der Waals surface area contributed by atoms with Crippen molar-refractivity contribution in [2.24, 2.45) is 0 Å².